The van der Waals surface area contributed by atoms with E-state index in [4.69, 9.17) is 4.74 Å². The minimum atomic E-state index is -3.66. The standard InChI is InChI=1S/C20H29N5O4S/c1-16-22-19(15-23(16)2)30(27,28)25-12-4-11-24(13-14-25)20(26)21-10-9-17-5-7-18(29-3)8-6-17/h5-8,15H,4,9-14H2,1-3H3,(H,21,26). The van der Waals surface area contributed by atoms with Crippen LogP contribution in [-0.4, -0.2) is 73.0 Å². The quantitative estimate of drug-likeness (QED) is 0.740. The van der Waals surface area contributed by atoms with Crippen LogP contribution in [0.2, 0.25) is 0 Å². The fourth-order valence-electron chi connectivity index (χ4n) is 3.34. The maximum absolute atomic E-state index is 12.9. The molecule has 0 saturated carbocycles. The molecule has 1 aromatic carbocycles. The molecule has 164 valence electrons. The SMILES string of the molecule is COc1ccc(CCNC(=O)N2CCCN(S(=O)(=O)c3cn(C)c(C)n3)CC2)cc1. The highest BCUT2D eigenvalue weighted by Crippen LogP contribution is 2.17. The van der Waals surface area contributed by atoms with E-state index in [1.165, 1.54) is 10.5 Å². The van der Waals surface area contributed by atoms with Crippen molar-refractivity contribution in [2.75, 3.05) is 39.8 Å². The second kappa shape index (κ2) is 9.48. The van der Waals surface area contributed by atoms with E-state index in [9.17, 15) is 13.2 Å². The molecule has 30 heavy (non-hydrogen) atoms. The molecule has 0 radical (unpaired) electrons. The summed E-state index contributed by atoms with van der Waals surface area (Å²) in [6.07, 6.45) is 2.82. The average Bonchev–Trinajstić information content (AvgIpc) is 2.94. The van der Waals surface area contributed by atoms with Gasteiger partial charge in [0.2, 0.25) is 0 Å². The van der Waals surface area contributed by atoms with Crippen LogP contribution in [0.1, 0.15) is 17.8 Å². The summed E-state index contributed by atoms with van der Waals surface area (Å²) in [5, 5.41) is 2.98. The molecule has 1 aliphatic heterocycles. The Morgan fingerprint density at radius 2 is 1.90 bits per heavy atom. The Balaban J connectivity index is 1.52. The van der Waals surface area contributed by atoms with Gasteiger partial charge >= 0.3 is 6.03 Å². The molecule has 2 aromatic rings. The van der Waals surface area contributed by atoms with Crippen molar-refractivity contribution in [3.05, 3.63) is 41.9 Å². The Hall–Kier alpha value is -2.59. The van der Waals surface area contributed by atoms with Crippen LogP contribution in [0.5, 0.6) is 5.75 Å². The number of imidazole rings is 1. The van der Waals surface area contributed by atoms with Crippen LogP contribution in [0.4, 0.5) is 4.79 Å². The molecular formula is C20H29N5O4S. The summed E-state index contributed by atoms with van der Waals surface area (Å²) < 4.78 is 34.0. The van der Waals surface area contributed by atoms with Crippen LogP contribution >= 0.6 is 0 Å². The summed E-state index contributed by atoms with van der Waals surface area (Å²) in [5.74, 6) is 1.44. The molecule has 1 aliphatic rings. The summed E-state index contributed by atoms with van der Waals surface area (Å²) in [6, 6.07) is 7.56. The van der Waals surface area contributed by atoms with Gasteiger partial charge in [0.1, 0.15) is 11.6 Å². The van der Waals surface area contributed by atoms with Crippen LogP contribution in [0.25, 0.3) is 0 Å². The fraction of sp³-hybridized carbons (Fsp3) is 0.500. The number of carbonyl (C=O) groups is 1. The molecule has 3 rings (SSSR count). The zero-order valence-electron chi connectivity index (χ0n) is 17.7. The number of sulfonamides is 1. The Morgan fingerprint density at radius 1 is 1.17 bits per heavy atom. The van der Waals surface area contributed by atoms with Crippen LogP contribution in [0.3, 0.4) is 0 Å². The van der Waals surface area contributed by atoms with Gasteiger partial charge in [-0.05, 0) is 37.5 Å². The number of aromatic nitrogens is 2. The first-order valence-corrected chi connectivity index (χ1v) is 11.4. The first kappa shape index (κ1) is 22.1. The largest absolute Gasteiger partial charge is 0.497 e. The van der Waals surface area contributed by atoms with Crippen molar-refractivity contribution in [2.45, 2.75) is 24.8 Å². The summed E-state index contributed by atoms with van der Waals surface area (Å²) in [7, 11) is -0.271. The lowest BCUT2D eigenvalue weighted by Crippen LogP contribution is -2.43. The van der Waals surface area contributed by atoms with Crippen molar-refractivity contribution >= 4 is 16.1 Å². The highest BCUT2D eigenvalue weighted by molar-refractivity contribution is 7.89. The van der Waals surface area contributed by atoms with Gasteiger partial charge in [-0.25, -0.2) is 18.2 Å². The first-order valence-electron chi connectivity index (χ1n) is 9.97. The molecule has 1 N–H and O–H groups in total. The summed E-state index contributed by atoms with van der Waals surface area (Å²) >= 11 is 0. The Bertz CT molecular complexity index is 952. The van der Waals surface area contributed by atoms with Crippen LogP contribution in [0, 0.1) is 6.92 Å². The van der Waals surface area contributed by atoms with E-state index in [1.807, 2.05) is 24.3 Å². The number of rotatable bonds is 6. The van der Waals surface area contributed by atoms with Crippen molar-refractivity contribution in [2.24, 2.45) is 7.05 Å². The number of aryl methyl sites for hydroxylation is 2. The minimum absolute atomic E-state index is 0.0555. The maximum Gasteiger partial charge on any atom is 0.317 e. The Morgan fingerprint density at radius 3 is 2.53 bits per heavy atom. The van der Waals surface area contributed by atoms with E-state index in [0.717, 1.165) is 11.3 Å². The third-order valence-electron chi connectivity index (χ3n) is 5.28. The molecule has 1 saturated heterocycles. The fourth-order valence-corrected chi connectivity index (χ4v) is 4.83. The molecule has 0 unspecified atom stereocenters. The number of methoxy groups -OCH3 is 1. The van der Waals surface area contributed by atoms with E-state index in [0.29, 0.717) is 44.8 Å². The van der Waals surface area contributed by atoms with Gasteiger partial charge in [0.25, 0.3) is 10.0 Å². The number of amides is 2. The summed E-state index contributed by atoms with van der Waals surface area (Å²) in [6.45, 7) is 3.76. The van der Waals surface area contributed by atoms with Gasteiger partial charge in [-0.15, -0.1) is 0 Å². The van der Waals surface area contributed by atoms with Gasteiger partial charge in [0.15, 0.2) is 5.03 Å². The van der Waals surface area contributed by atoms with E-state index in [-0.39, 0.29) is 17.6 Å². The molecular weight excluding hydrogens is 406 g/mol. The van der Waals surface area contributed by atoms with Crippen molar-refractivity contribution < 1.29 is 17.9 Å². The minimum Gasteiger partial charge on any atom is -0.497 e. The zero-order chi connectivity index (χ0) is 21.7. The predicted octanol–water partition coefficient (Wildman–Crippen LogP) is 1.39. The molecule has 2 heterocycles. The third-order valence-corrected chi connectivity index (χ3v) is 7.05. The molecule has 0 aliphatic carbocycles. The highest BCUT2D eigenvalue weighted by Gasteiger charge is 2.30. The van der Waals surface area contributed by atoms with Gasteiger partial charge < -0.3 is 19.5 Å². The van der Waals surface area contributed by atoms with Crippen molar-refractivity contribution in [1.29, 1.82) is 0 Å². The van der Waals surface area contributed by atoms with Gasteiger partial charge in [-0.3, -0.25) is 0 Å². The zero-order valence-corrected chi connectivity index (χ0v) is 18.5. The molecule has 0 spiro atoms. The smallest absolute Gasteiger partial charge is 0.317 e. The van der Waals surface area contributed by atoms with Crippen LogP contribution in [-0.2, 0) is 23.5 Å². The number of hydrogen-bond donors (Lipinski definition) is 1. The Kier molecular flexibility index (Phi) is 6.99. The maximum atomic E-state index is 12.9. The molecule has 1 fully saturated rings. The monoisotopic (exact) mass is 435 g/mol. The molecule has 1 aromatic heterocycles. The van der Waals surface area contributed by atoms with Crippen molar-refractivity contribution in [3.8, 4) is 5.75 Å². The summed E-state index contributed by atoms with van der Waals surface area (Å²) in [5.41, 5.74) is 1.11. The number of carbonyl (C=O) groups excluding carboxylic acids is 1. The van der Waals surface area contributed by atoms with Crippen LogP contribution in [0.15, 0.2) is 35.5 Å². The second-order valence-corrected chi connectivity index (χ2v) is 9.20. The summed E-state index contributed by atoms with van der Waals surface area (Å²) in [4.78, 5) is 18.4. The highest BCUT2D eigenvalue weighted by atomic mass is 32.2. The lowest BCUT2D eigenvalue weighted by Gasteiger charge is -2.21. The molecule has 10 heteroatoms. The second-order valence-electron chi connectivity index (χ2n) is 7.31. The topological polar surface area (TPSA) is 96.8 Å². The number of urea groups is 1. The number of nitrogens with zero attached hydrogens (tertiary/aromatic N) is 4. The predicted molar refractivity (Wildman–Crippen MR) is 113 cm³/mol. The van der Waals surface area contributed by atoms with E-state index in [2.05, 4.69) is 10.3 Å². The van der Waals surface area contributed by atoms with Crippen molar-refractivity contribution in [3.63, 3.8) is 0 Å². The average molecular weight is 436 g/mol. The molecule has 0 atom stereocenters. The van der Waals surface area contributed by atoms with Crippen LogP contribution < -0.4 is 10.1 Å². The van der Waals surface area contributed by atoms with Gasteiger partial charge in [0, 0.05) is 46.0 Å². The molecule has 2 amide bonds. The van der Waals surface area contributed by atoms with Gasteiger partial charge in [-0.2, -0.15) is 4.31 Å². The number of nitrogens with one attached hydrogen (secondary N) is 1. The number of hydrogen-bond acceptors (Lipinski definition) is 5. The lowest BCUT2D eigenvalue weighted by molar-refractivity contribution is 0.200. The van der Waals surface area contributed by atoms with Gasteiger partial charge in [-0.1, -0.05) is 12.1 Å². The van der Waals surface area contributed by atoms with Crippen molar-refractivity contribution in [1.82, 2.24) is 24.1 Å². The third kappa shape index (κ3) is 5.11. The molecule has 0 bridgehead atoms. The normalized spacial score (nSPS) is 15.6. The number of ether oxygens (including phenoxy) is 1. The van der Waals surface area contributed by atoms with E-state index >= 15 is 0 Å². The molecule has 9 nitrogen and oxygen atoms in total. The lowest BCUT2D eigenvalue weighted by atomic mass is 10.1. The van der Waals surface area contributed by atoms with E-state index < -0.39 is 10.0 Å². The van der Waals surface area contributed by atoms with E-state index in [1.54, 1.807) is 30.5 Å². The van der Waals surface area contributed by atoms with Gasteiger partial charge in [0.05, 0.1) is 7.11 Å². The first-order chi connectivity index (χ1) is 14.3. The number of benzene rings is 1. The Labute approximate surface area is 177 Å².